The Kier molecular flexibility index (Phi) is 8.41. The van der Waals surface area contributed by atoms with Crippen molar-refractivity contribution in [3.8, 4) is 17.2 Å². The molecule has 0 aromatic heterocycles. The Labute approximate surface area is 191 Å². The summed E-state index contributed by atoms with van der Waals surface area (Å²) in [6.07, 6.45) is 3.04. The van der Waals surface area contributed by atoms with Crippen molar-refractivity contribution >= 4 is 17.7 Å². The van der Waals surface area contributed by atoms with Crippen molar-refractivity contribution in [2.75, 3.05) is 25.1 Å². The minimum Gasteiger partial charge on any atom is -0.490 e. The van der Waals surface area contributed by atoms with Crippen LogP contribution in [-0.2, 0) is 4.79 Å². The van der Waals surface area contributed by atoms with Crippen molar-refractivity contribution in [1.82, 2.24) is 0 Å². The highest BCUT2D eigenvalue weighted by atomic mass is 19.1. The van der Waals surface area contributed by atoms with E-state index >= 15 is 0 Å². The van der Waals surface area contributed by atoms with Gasteiger partial charge < -0.3 is 19.5 Å². The number of carbonyl (C=O) groups is 1. The molecule has 0 aliphatic heterocycles. The van der Waals surface area contributed by atoms with E-state index in [9.17, 15) is 13.6 Å². The second-order valence-electron chi connectivity index (χ2n) is 7.07. The molecule has 0 saturated carbocycles. The van der Waals surface area contributed by atoms with Crippen LogP contribution in [0, 0.1) is 18.6 Å². The van der Waals surface area contributed by atoms with Gasteiger partial charge in [0.25, 0.3) is 0 Å². The minimum atomic E-state index is -0.353. The number of hydrogen-bond donors (Lipinski definition) is 1. The summed E-state index contributed by atoms with van der Waals surface area (Å²) in [6, 6.07) is 15.3. The number of nitrogens with one attached hydrogen (secondary N) is 1. The number of ether oxygens (including phenoxy) is 3. The predicted octanol–water partition coefficient (Wildman–Crippen LogP) is 5.78. The SMILES string of the molecule is CCOc1cc(C=CC(=O)Nc2ccc(F)cc2C)ccc1OCCOc1ccc(F)cc1. The molecule has 1 N–H and O–H groups in total. The normalized spacial score (nSPS) is 10.8. The van der Waals surface area contributed by atoms with Gasteiger partial charge >= 0.3 is 0 Å². The van der Waals surface area contributed by atoms with Gasteiger partial charge in [0.05, 0.1) is 6.61 Å². The van der Waals surface area contributed by atoms with E-state index in [-0.39, 0.29) is 30.8 Å². The van der Waals surface area contributed by atoms with Crippen molar-refractivity contribution < 1.29 is 27.8 Å². The predicted molar refractivity (Wildman–Crippen MR) is 124 cm³/mol. The average Bonchev–Trinajstić information content (AvgIpc) is 2.79. The summed E-state index contributed by atoms with van der Waals surface area (Å²) < 4.78 is 43.1. The molecule has 1 amide bonds. The third-order valence-corrected chi connectivity index (χ3v) is 4.56. The number of hydrogen-bond acceptors (Lipinski definition) is 4. The Morgan fingerprint density at radius 1 is 0.879 bits per heavy atom. The van der Waals surface area contributed by atoms with Crippen LogP contribution in [0.3, 0.4) is 0 Å². The van der Waals surface area contributed by atoms with Crippen LogP contribution >= 0.6 is 0 Å². The zero-order valence-electron chi connectivity index (χ0n) is 18.4. The molecule has 3 aromatic carbocycles. The number of benzene rings is 3. The zero-order valence-corrected chi connectivity index (χ0v) is 18.4. The molecule has 0 bridgehead atoms. The molecule has 0 aliphatic carbocycles. The van der Waals surface area contributed by atoms with Gasteiger partial charge in [0, 0.05) is 11.8 Å². The fourth-order valence-electron chi connectivity index (χ4n) is 2.97. The lowest BCUT2D eigenvalue weighted by atomic mass is 10.1. The first kappa shape index (κ1) is 23.8. The van der Waals surface area contributed by atoms with Crippen LogP contribution in [0.5, 0.6) is 17.2 Å². The zero-order chi connectivity index (χ0) is 23.6. The molecule has 5 nitrogen and oxygen atoms in total. The highest BCUT2D eigenvalue weighted by Crippen LogP contribution is 2.29. The van der Waals surface area contributed by atoms with E-state index in [4.69, 9.17) is 14.2 Å². The standard InChI is InChI=1S/C26H25F2NO4/c1-3-31-25-17-19(5-13-26(30)29-23-11-8-21(28)16-18(23)2)4-12-24(25)33-15-14-32-22-9-6-20(27)7-10-22/h4-13,16-17H,3,14-15H2,1-2H3,(H,29,30). The highest BCUT2D eigenvalue weighted by molar-refractivity contribution is 6.02. The van der Waals surface area contributed by atoms with Crippen LogP contribution < -0.4 is 19.5 Å². The highest BCUT2D eigenvalue weighted by Gasteiger charge is 2.07. The molecule has 7 heteroatoms. The third kappa shape index (κ3) is 7.35. The number of amides is 1. The average molecular weight is 453 g/mol. The summed E-state index contributed by atoms with van der Waals surface area (Å²) in [6.45, 7) is 4.58. The van der Waals surface area contributed by atoms with E-state index in [1.54, 1.807) is 43.3 Å². The number of rotatable bonds is 10. The quantitative estimate of drug-likeness (QED) is 0.312. The monoisotopic (exact) mass is 453 g/mol. The van der Waals surface area contributed by atoms with Gasteiger partial charge in [-0.05, 0) is 85.6 Å². The molecule has 0 spiro atoms. The van der Waals surface area contributed by atoms with E-state index in [0.717, 1.165) is 5.56 Å². The molecule has 33 heavy (non-hydrogen) atoms. The van der Waals surface area contributed by atoms with Crippen LogP contribution in [0.2, 0.25) is 0 Å². The molecular formula is C26H25F2NO4. The first-order chi connectivity index (χ1) is 15.9. The minimum absolute atomic E-state index is 0.270. The van der Waals surface area contributed by atoms with Crippen LogP contribution in [-0.4, -0.2) is 25.7 Å². The first-order valence-electron chi connectivity index (χ1n) is 10.5. The number of aryl methyl sites for hydroxylation is 1. The van der Waals surface area contributed by atoms with Crippen LogP contribution in [0.4, 0.5) is 14.5 Å². The van der Waals surface area contributed by atoms with Gasteiger partial charge in [-0.25, -0.2) is 8.78 Å². The van der Waals surface area contributed by atoms with Gasteiger partial charge in [0.2, 0.25) is 5.91 Å². The number of halogens is 2. The molecule has 172 valence electrons. The maximum Gasteiger partial charge on any atom is 0.248 e. The second kappa shape index (κ2) is 11.7. The molecule has 0 heterocycles. The lowest BCUT2D eigenvalue weighted by molar-refractivity contribution is -0.111. The number of carbonyl (C=O) groups excluding carboxylic acids is 1. The van der Waals surface area contributed by atoms with E-state index in [0.29, 0.717) is 35.1 Å². The van der Waals surface area contributed by atoms with Crippen molar-refractivity contribution in [3.05, 3.63) is 89.5 Å². The largest absolute Gasteiger partial charge is 0.490 e. The van der Waals surface area contributed by atoms with Crippen molar-refractivity contribution in [2.45, 2.75) is 13.8 Å². The summed E-state index contributed by atoms with van der Waals surface area (Å²) >= 11 is 0. The lowest BCUT2D eigenvalue weighted by Crippen LogP contribution is -2.10. The van der Waals surface area contributed by atoms with Gasteiger partial charge in [-0.1, -0.05) is 6.07 Å². The van der Waals surface area contributed by atoms with Gasteiger partial charge in [-0.3, -0.25) is 4.79 Å². The lowest BCUT2D eigenvalue weighted by Gasteiger charge is -2.13. The van der Waals surface area contributed by atoms with Gasteiger partial charge in [0.1, 0.15) is 30.6 Å². The molecule has 0 unspecified atom stereocenters. The van der Waals surface area contributed by atoms with Crippen LogP contribution in [0.15, 0.2) is 66.7 Å². The molecule has 3 rings (SSSR count). The van der Waals surface area contributed by atoms with E-state index in [1.807, 2.05) is 6.92 Å². The van der Waals surface area contributed by atoms with Gasteiger partial charge in [-0.15, -0.1) is 0 Å². The number of anilines is 1. The summed E-state index contributed by atoms with van der Waals surface area (Å²) in [5.41, 5.74) is 1.94. The summed E-state index contributed by atoms with van der Waals surface area (Å²) in [5.74, 6) is 0.630. The van der Waals surface area contributed by atoms with Crippen molar-refractivity contribution in [3.63, 3.8) is 0 Å². The summed E-state index contributed by atoms with van der Waals surface area (Å²) in [7, 11) is 0. The fraction of sp³-hybridized carbons (Fsp3) is 0.192. The Hall–Kier alpha value is -3.87. The topological polar surface area (TPSA) is 56.8 Å². The summed E-state index contributed by atoms with van der Waals surface area (Å²) in [4.78, 5) is 12.2. The van der Waals surface area contributed by atoms with Gasteiger partial charge in [-0.2, -0.15) is 0 Å². The second-order valence-corrected chi connectivity index (χ2v) is 7.07. The molecular weight excluding hydrogens is 428 g/mol. The molecule has 0 atom stereocenters. The molecule has 0 radical (unpaired) electrons. The maximum absolute atomic E-state index is 13.2. The van der Waals surface area contributed by atoms with Crippen LogP contribution in [0.1, 0.15) is 18.1 Å². The Bertz CT molecular complexity index is 1110. The Balaban J connectivity index is 1.57. The van der Waals surface area contributed by atoms with E-state index < -0.39 is 0 Å². The maximum atomic E-state index is 13.2. The molecule has 0 aliphatic rings. The smallest absolute Gasteiger partial charge is 0.248 e. The molecule has 0 saturated heterocycles. The molecule has 3 aromatic rings. The third-order valence-electron chi connectivity index (χ3n) is 4.56. The van der Waals surface area contributed by atoms with Crippen LogP contribution in [0.25, 0.3) is 6.08 Å². The fourth-order valence-corrected chi connectivity index (χ4v) is 2.97. The first-order valence-corrected chi connectivity index (χ1v) is 10.5. The van der Waals surface area contributed by atoms with Gasteiger partial charge in [0.15, 0.2) is 11.5 Å². The van der Waals surface area contributed by atoms with Crippen molar-refractivity contribution in [2.24, 2.45) is 0 Å². The molecule has 0 fully saturated rings. The van der Waals surface area contributed by atoms with E-state index in [2.05, 4.69) is 5.32 Å². The summed E-state index contributed by atoms with van der Waals surface area (Å²) in [5, 5.41) is 2.73. The van der Waals surface area contributed by atoms with Crippen molar-refractivity contribution in [1.29, 1.82) is 0 Å². The van der Waals surface area contributed by atoms with E-state index in [1.165, 1.54) is 36.4 Å². The Morgan fingerprint density at radius 3 is 2.33 bits per heavy atom. The Morgan fingerprint density at radius 2 is 1.61 bits per heavy atom.